The number of nitrogens with zero attached hydrogens (tertiary/aromatic N) is 1. The van der Waals surface area contributed by atoms with E-state index < -0.39 is 0 Å². The van der Waals surface area contributed by atoms with Gasteiger partial charge in [0.05, 0.1) is 19.3 Å². The highest BCUT2D eigenvalue weighted by Gasteiger charge is 2.22. The molecule has 0 fully saturated rings. The Morgan fingerprint density at radius 3 is 2.83 bits per heavy atom. The summed E-state index contributed by atoms with van der Waals surface area (Å²) in [4.78, 5) is 25.9. The molecule has 1 amide bonds. The van der Waals surface area contributed by atoms with E-state index >= 15 is 0 Å². The molecule has 1 aliphatic rings. The number of carbonyl (C=O) groups is 2. The van der Waals surface area contributed by atoms with Crippen molar-refractivity contribution in [1.29, 1.82) is 0 Å². The first kappa shape index (κ1) is 17.2. The second kappa shape index (κ2) is 7.94. The molecule has 0 spiro atoms. The van der Waals surface area contributed by atoms with Gasteiger partial charge in [0.1, 0.15) is 0 Å². The summed E-state index contributed by atoms with van der Waals surface area (Å²) in [6.07, 6.45) is 0.300. The Labute approximate surface area is 135 Å². The number of methoxy groups -OCH3 is 1. The number of benzene rings is 1. The minimum absolute atomic E-state index is 0.0445. The third kappa shape index (κ3) is 4.43. The highest BCUT2D eigenvalue weighted by Crippen LogP contribution is 2.32. The maximum Gasteiger partial charge on any atom is 0.231 e. The van der Waals surface area contributed by atoms with Crippen molar-refractivity contribution in [2.75, 3.05) is 34.2 Å². The van der Waals surface area contributed by atoms with Gasteiger partial charge in [0.15, 0.2) is 17.3 Å². The van der Waals surface area contributed by atoms with Gasteiger partial charge >= 0.3 is 0 Å². The van der Waals surface area contributed by atoms with Crippen LogP contribution in [0.15, 0.2) is 18.2 Å². The van der Waals surface area contributed by atoms with Crippen LogP contribution in [0.4, 0.5) is 0 Å². The number of ether oxygens (including phenoxy) is 3. The van der Waals surface area contributed by atoms with Gasteiger partial charge in [-0.3, -0.25) is 14.5 Å². The van der Waals surface area contributed by atoms with Crippen LogP contribution in [-0.2, 0) is 9.53 Å². The molecule has 0 saturated heterocycles. The third-order valence-electron chi connectivity index (χ3n) is 3.76. The fraction of sp³-hybridized carbons (Fsp3) is 0.500. The lowest BCUT2D eigenvalue weighted by molar-refractivity contribution is -0.122. The predicted octanol–water partition coefficient (Wildman–Crippen LogP) is 1.03. The van der Waals surface area contributed by atoms with Gasteiger partial charge in [-0.25, -0.2) is 0 Å². The normalized spacial score (nSPS) is 13.9. The maximum atomic E-state index is 12.5. The lowest BCUT2D eigenvalue weighted by atomic mass is 10.0. The molecule has 23 heavy (non-hydrogen) atoms. The van der Waals surface area contributed by atoms with Gasteiger partial charge in [-0.15, -0.1) is 0 Å². The van der Waals surface area contributed by atoms with E-state index in [4.69, 9.17) is 14.2 Å². The van der Waals surface area contributed by atoms with Crippen LogP contribution in [0.2, 0.25) is 0 Å². The number of likely N-dealkylation sites (N-methyl/N-ethyl adjacent to an activating group) is 1. The average molecular weight is 322 g/mol. The summed E-state index contributed by atoms with van der Waals surface area (Å²) in [5.41, 5.74) is 0.555. The Morgan fingerprint density at radius 1 is 1.35 bits per heavy atom. The van der Waals surface area contributed by atoms with E-state index in [1.807, 2.05) is 0 Å². The average Bonchev–Trinajstić information content (AvgIpc) is 3.03. The largest absolute Gasteiger partial charge is 0.454 e. The number of carbonyl (C=O) groups excluding carboxylic acids is 2. The molecule has 0 bridgehead atoms. The van der Waals surface area contributed by atoms with Gasteiger partial charge in [0.2, 0.25) is 12.7 Å². The molecule has 1 aromatic rings. The van der Waals surface area contributed by atoms with Gasteiger partial charge in [-0.1, -0.05) is 0 Å². The second-order valence-corrected chi connectivity index (χ2v) is 5.37. The van der Waals surface area contributed by atoms with Crippen LogP contribution in [0.3, 0.4) is 0 Å². The number of Topliss-reactive ketones (excluding diaryl/α,β-unsaturated/α-hetero) is 1. The van der Waals surface area contributed by atoms with Crippen LogP contribution in [-0.4, -0.2) is 56.9 Å². The predicted molar refractivity (Wildman–Crippen MR) is 83.6 cm³/mol. The molecule has 0 radical (unpaired) electrons. The van der Waals surface area contributed by atoms with Crippen molar-refractivity contribution in [3.05, 3.63) is 23.8 Å². The molecule has 1 heterocycles. The summed E-state index contributed by atoms with van der Waals surface area (Å²) in [6.45, 7) is 2.64. The van der Waals surface area contributed by atoms with Crippen molar-refractivity contribution in [3.63, 3.8) is 0 Å². The Balaban J connectivity index is 1.89. The fourth-order valence-electron chi connectivity index (χ4n) is 2.12. The fourth-order valence-corrected chi connectivity index (χ4v) is 2.12. The summed E-state index contributed by atoms with van der Waals surface area (Å²) >= 11 is 0. The number of amides is 1. The standard InChI is InChI=1S/C16H22N2O5/c1-11(18(2)9-17-15(19)6-7-21-3)16(20)12-4-5-13-14(8-12)23-10-22-13/h4-5,8,11H,6-7,9-10H2,1-3H3,(H,17,19). The lowest BCUT2D eigenvalue weighted by Gasteiger charge is -2.24. The smallest absolute Gasteiger partial charge is 0.231 e. The number of ketones is 1. The first-order valence-corrected chi connectivity index (χ1v) is 7.42. The van der Waals surface area contributed by atoms with Crippen molar-refractivity contribution < 1.29 is 23.8 Å². The van der Waals surface area contributed by atoms with Gasteiger partial charge in [0.25, 0.3) is 0 Å². The van der Waals surface area contributed by atoms with E-state index in [0.717, 1.165) is 0 Å². The van der Waals surface area contributed by atoms with Crippen molar-refractivity contribution in [2.24, 2.45) is 0 Å². The van der Waals surface area contributed by atoms with Crippen LogP contribution >= 0.6 is 0 Å². The Kier molecular flexibility index (Phi) is 5.95. The molecule has 1 N–H and O–H groups in total. The molecule has 7 heteroatoms. The van der Waals surface area contributed by atoms with Crippen LogP contribution < -0.4 is 14.8 Å². The van der Waals surface area contributed by atoms with Crippen LogP contribution in [0, 0.1) is 0 Å². The minimum Gasteiger partial charge on any atom is -0.454 e. The first-order valence-electron chi connectivity index (χ1n) is 7.42. The summed E-state index contributed by atoms with van der Waals surface area (Å²) in [5.74, 6) is 1.07. The minimum atomic E-state index is -0.377. The Hall–Kier alpha value is -2.12. The number of rotatable bonds is 8. The molecule has 1 aromatic carbocycles. The Bertz CT molecular complexity index is 576. The van der Waals surface area contributed by atoms with Crippen molar-refractivity contribution in [3.8, 4) is 11.5 Å². The molecule has 126 valence electrons. The molecular weight excluding hydrogens is 300 g/mol. The van der Waals surface area contributed by atoms with E-state index in [9.17, 15) is 9.59 Å². The van der Waals surface area contributed by atoms with Gasteiger partial charge in [-0.05, 0) is 32.2 Å². The van der Waals surface area contributed by atoms with Gasteiger partial charge in [-0.2, -0.15) is 0 Å². The van der Waals surface area contributed by atoms with E-state index in [1.165, 1.54) is 0 Å². The number of hydrogen-bond acceptors (Lipinski definition) is 6. The lowest BCUT2D eigenvalue weighted by Crippen LogP contribution is -2.43. The monoisotopic (exact) mass is 322 g/mol. The van der Waals surface area contributed by atoms with Crippen LogP contribution in [0.5, 0.6) is 11.5 Å². The summed E-state index contributed by atoms with van der Waals surface area (Å²) in [5, 5.41) is 2.76. The molecule has 0 aromatic heterocycles. The van der Waals surface area contributed by atoms with Crippen molar-refractivity contribution in [2.45, 2.75) is 19.4 Å². The zero-order valence-corrected chi connectivity index (χ0v) is 13.6. The SMILES string of the molecule is COCCC(=O)NCN(C)C(C)C(=O)c1ccc2c(c1)OCO2. The van der Waals surface area contributed by atoms with Gasteiger partial charge < -0.3 is 19.5 Å². The molecule has 1 unspecified atom stereocenters. The maximum absolute atomic E-state index is 12.5. The number of nitrogens with one attached hydrogen (secondary N) is 1. The van der Waals surface area contributed by atoms with Gasteiger partial charge in [0, 0.05) is 19.1 Å². The third-order valence-corrected chi connectivity index (χ3v) is 3.76. The van der Waals surface area contributed by atoms with Crippen LogP contribution in [0.25, 0.3) is 0 Å². The molecule has 7 nitrogen and oxygen atoms in total. The molecule has 1 aliphatic heterocycles. The van der Waals surface area contributed by atoms with E-state index in [1.54, 1.807) is 44.2 Å². The quantitative estimate of drug-likeness (QED) is 0.569. The number of fused-ring (bicyclic) bond motifs is 1. The highest BCUT2D eigenvalue weighted by atomic mass is 16.7. The molecular formula is C16H22N2O5. The summed E-state index contributed by atoms with van der Waals surface area (Å²) < 4.78 is 15.4. The van der Waals surface area contributed by atoms with Crippen molar-refractivity contribution in [1.82, 2.24) is 10.2 Å². The molecule has 0 saturated carbocycles. The topological polar surface area (TPSA) is 77.1 Å². The summed E-state index contributed by atoms with van der Waals surface area (Å²) in [7, 11) is 3.33. The second-order valence-electron chi connectivity index (χ2n) is 5.37. The number of hydrogen-bond donors (Lipinski definition) is 1. The molecule has 2 rings (SSSR count). The molecule has 0 aliphatic carbocycles. The van der Waals surface area contributed by atoms with E-state index in [2.05, 4.69) is 5.32 Å². The Morgan fingerprint density at radius 2 is 2.09 bits per heavy atom. The van der Waals surface area contributed by atoms with E-state index in [-0.39, 0.29) is 24.5 Å². The highest BCUT2D eigenvalue weighted by molar-refractivity contribution is 6.00. The van der Waals surface area contributed by atoms with Crippen molar-refractivity contribution >= 4 is 11.7 Å². The summed E-state index contributed by atoms with van der Waals surface area (Å²) in [6, 6.07) is 4.76. The molecule has 1 atom stereocenters. The first-order chi connectivity index (χ1) is 11.0. The zero-order chi connectivity index (χ0) is 16.8. The van der Waals surface area contributed by atoms with E-state index in [0.29, 0.717) is 36.8 Å². The zero-order valence-electron chi connectivity index (χ0n) is 13.6. The van der Waals surface area contributed by atoms with Crippen LogP contribution in [0.1, 0.15) is 23.7 Å².